The fraction of sp³-hybridized carbons (Fsp3) is 0.250. The zero-order chi connectivity index (χ0) is 17.8. The number of aromatic nitrogens is 4. The summed E-state index contributed by atoms with van der Waals surface area (Å²) in [6.45, 7) is 1.58. The van der Waals surface area contributed by atoms with E-state index in [-0.39, 0.29) is 34.9 Å². The summed E-state index contributed by atoms with van der Waals surface area (Å²) < 4.78 is 32.3. The molecule has 130 valence electrons. The van der Waals surface area contributed by atoms with Crippen molar-refractivity contribution >= 4 is 5.82 Å². The van der Waals surface area contributed by atoms with E-state index in [1.807, 2.05) is 0 Å². The average Bonchev–Trinajstić information content (AvgIpc) is 3.09. The van der Waals surface area contributed by atoms with Crippen molar-refractivity contribution in [1.82, 2.24) is 25.5 Å². The molecule has 0 radical (unpaired) electrons. The molecule has 0 aliphatic rings. The van der Waals surface area contributed by atoms with Crippen LogP contribution in [-0.4, -0.2) is 32.9 Å². The van der Waals surface area contributed by atoms with Crippen LogP contribution in [0.4, 0.5) is 14.6 Å². The first-order chi connectivity index (χ1) is 12.1. The molecule has 0 aliphatic heterocycles. The first-order valence-corrected chi connectivity index (χ1v) is 7.57. The summed E-state index contributed by atoms with van der Waals surface area (Å²) in [5, 5.41) is 10.6. The summed E-state index contributed by atoms with van der Waals surface area (Å²) in [6.07, 6.45) is 2.88. The van der Waals surface area contributed by atoms with E-state index in [9.17, 15) is 8.78 Å². The molecule has 0 spiro atoms. The Balaban J connectivity index is 1.82. The van der Waals surface area contributed by atoms with Crippen LogP contribution in [0.15, 0.2) is 35.0 Å². The molecule has 1 aromatic carbocycles. The van der Waals surface area contributed by atoms with Crippen LogP contribution in [0.2, 0.25) is 0 Å². The van der Waals surface area contributed by atoms with Gasteiger partial charge < -0.3 is 15.5 Å². The third-order valence-electron chi connectivity index (χ3n) is 3.50. The lowest BCUT2D eigenvalue weighted by Crippen LogP contribution is -2.27. The van der Waals surface area contributed by atoms with Gasteiger partial charge in [0.2, 0.25) is 0 Å². The molecule has 1 atom stereocenters. The Kier molecular flexibility index (Phi) is 4.94. The maximum Gasteiger partial charge on any atom is 0.270 e. The van der Waals surface area contributed by atoms with Crippen molar-refractivity contribution in [1.29, 1.82) is 0 Å². The topological polar surface area (TPSA) is 103 Å². The maximum absolute atomic E-state index is 14.4. The Hall–Kier alpha value is -2.94. The highest BCUT2D eigenvalue weighted by Gasteiger charge is 2.17. The fourth-order valence-electron chi connectivity index (χ4n) is 2.13. The van der Waals surface area contributed by atoms with Crippen LogP contribution in [0.5, 0.6) is 0 Å². The summed E-state index contributed by atoms with van der Waals surface area (Å²) in [5.41, 5.74) is 6.79. The van der Waals surface area contributed by atoms with Gasteiger partial charge in [-0.25, -0.2) is 18.7 Å². The van der Waals surface area contributed by atoms with E-state index in [2.05, 4.69) is 25.5 Å². The monoisotopic (exact) mass is 346 g/mol. The number of alkyl halides is 1. The number of anilines is 1. The van der Waals surface area contributed by atoms with Crippen LogP contribution >= 0.6 is 0 Å². The van der Waals surface area contributed by atoms with E-state index >= 15 is 0 Å². The zero-order valence-corrected chi connectivity index (χ0v) is 13.4. The lowest BCUT2D eigenvalue weighted by atomic mass is 10.1. The van der Waals surface area contributed by atoms with Gasteiger partial charge in [0.05, 0.1) is 5.56 Å². The van der Waals surface area contributed by atoms with Gasteiger partial charge in [0, 0.05) is 25.0 Å². The van der Waals surface area contributed by atoms with E-state index in [0.717, 1.165) is 0 Å². The maximum atomic E-state index is 14.4. The number of nitrogen functional groups attached to an aromatic ring is 1. The van der Waals surface area contributed by atoms with Gasteiger partial charge in [-0.1, -0.05) is 6.07 Å². The molecule has 25 heavy (non-hydrogen) atoms. The van der Waals surface area contributed by atoms with Crippen LogP contribution in [0.1, 0.15) is 12.5 Å². The second-order valence-corrected chi connectivity index (χ2v) is 5.45. The number of benzene rings is 1. The Bertz CT molecular complexity index is 869. The van der Waals surface area contributed by atoms with Gasteiger partial charge in [-0.15, -0.1) is 10.2 Å². The van der Waals surface area contributed by atoms with Crippen molar-refractivity contribution in [3.05, 3.63) is 42.0 Å². The van der Waals surface area contributed by atoms with Gasteiger partial charge in [0.15, 0.2) is 11.5 Å². The van der Waals surface area contributed by atoms with Crippen LogP contribution in [-0.2, 0) is 6.54 Å². The highest BCUT2D eigenvalue weighted by atomic mass is 19.1. The molecule has 0 aliphatic carbocycles. The van der Waals surface area contributed by atoms with Crippen LogP contribution < -0.4 is 11.1 Å². The Morgan fingerprint density at radius 2 is 1.96 bits per heavy atom. The molecular formula is C16H16F2N6O. The minimum Gasteiger partial charge on any atom is -0.414 e. The molecule has 2 aromatic heterocycles. The molecule has 0 amide bonds. The molecule has 0 fully saturated rings. The van der Waals surface area contributed by atoms with Gasteiger partial charge in [-0.2, -0.15) is 0 Å². The zero-order valence-electron chi connectivity index (χ0n) is 13.4. The van der Waals surface area contributed by atoms with E-state index in [1.54, 1.807) is 13.0 Å². The number of rotatable bonds is 6. The molecule has 3 aromatic rings. The molecule has 2 heterocycles. The average molecular weight is 346 g/mol. The SMILES string of the molecule is CC(CF)NCc1ccc(-c2nnc(-c3nccnc3N)o2)c(F)c1. The van der Waals surface area contributed by atoms with Crippen molar-refractivity contribution in [2.45, 2.75) is 19.5 Å². The largest absolute Gasteiger partial charge is 0.414 e. The predicted octanol–water partition coefficient (Wildman–Crippen LogP) is 2.36. The van der Waals surface area contributed by atoms with Gasteiger partial charge in [0.25, 0.3) is 11.8 Å². The third kappa shape index (κ3) is 3.77. The number of nitrogens with two attached hydrogens (primary N) is 1. The third-order valence-corrected chi connectivity index (χ3v) is 3.50. The number of hydrogen-bond donors (Lipinski definition) is 2. The predicted molar refractivity (Wildman–Crippen MR) is 87.4 cm³/mol. The molecule has 0 saturated carbocycles. The van der Waals surface area contributed by atoms with Gasteiger partial charge in [0.1, 0.15) is 12.5 Å². The normalized spacial score (nSPS) is 12.3. The van der Waals surface area contributed by atoms with E-state index < -0.39 is 12.5 Å². The quantitative estimate of drug-likeness (QED) is 0.706. The molecule has 0 bridgehead atoms. The Morgan fingerprint density at radius 3 is 2.68 bits per heavy atom. The second-order valence-electron chi connectivity index (χ2n) is 5.45. The molecule has 9 heteroatoms. The highest BCUT2D eigenvalue weighted by molar-refractivity contribution is 5.63. The summed E-state index contributed by atoms with van der Waals surface area (Å²) >= 11 is 0. The van der Waals surface area contributed by atoms with E-state index in [1.165, 1.54) is 24.5 Å². The summed E-state index contributed by atoms with van der Waals surface area (Å²) in [7, 11) is 0. The minimum absolute atomic E-state index is 0.00851. The smallest absolute Gasteiger partial charge is 0.270 e. The van der Waals surface area contributed by atoms with E-state index in [4.69, 9.17) is 10.2 Å². The van der Waals surface area contributed by atoms with E-state index in [0.29, 0.717) is 12.1 Å². The van der Waals surface area contributed by atoms with Crippen molar-refractivity contribution in [2.75, 3.05) is 12.4 Å². The van der Waals surface area contributed by atoms with Crippen molar-refractivity contribution in [3.63, 3.8) is 0 Å². The molecular weight excluding hydrogens is 330 g/mol. The molecule has 3 N–H and O–H groups in total. The number of halogens is 2. The van der Waals surface area contributed by atoms with Crippen LogP contribution in [0.25, 0.3) is 23.0 Å². The van der Waals surface area contributed by atoms with Crippen molar-refractivity contribution in [2.24, 2.45) is 0 Å². The minimum atomic E-state index is -0.519. The molecule has 3 rings (SSSR count). The van der Waals surface area contributed by atoms with Crippen LogP contribution in [0, 0.1) is 5.82 Å². The van der Waals surface area contributed by atoms with Crippen molar-refractivity contribution in [3.8, 4) is 23.0 Å². The lowest BCUT2D eigenvalue weighted by molar-refractivity contribution is 0.391. The lowest BCUT2D eigenvalue weighted by Gasteiger charge is -2.10. The molecule has 0 saturated heterocycles. The van der Waals surface area contributed by atoms with Crippen LogP contribution in [0.3, 0.4) is 0 Å². The molecule has 7 nitrogen and oxygen atoms in total. The summed E-state index contributed by atoms with van der Waals surface area (Å²) in [4.78, 5) is 7.91. The standard InChI is InChI=1S/C16H16F2N6O/c1-9(7-17)22-8-10-2-3-11(12(18)6-10)15-23-24-16(25-15)13-14(19)21-5-4-20-13/h2-6,9,22H,7-8H2,1H3,(H2,19,21). The van der Waals surface area contributed by atoms with Crippen molar-refractivity contribution < 1.29 is 13.2 Å². The Morgan fingerprint density at radius 1 is 1.20 bits per heavy atom. The first kappa shape index (κ1) is 16.9. The fourth-order valence-corrected chi connectivity index (χ4v) is 2.13. The molecule has 1 unspecified atom stereocenters. The summed E-state index contributed by atoms with van der Waals surface area (Å²) in [6, 6.07) is 4.29. The van der Waals surface area contributed by atoms with Gasteiger partial charge >= 0.3 is 0 Å². The highest BCUT2D eigenvalue weighted by Crippen LogP contribution is 2.27. The van der Waals surface area contributed by atoms with Gasteiger partial charge in [-0.3, -0.25) is 0 Å². The summed E-state index contributed by atoms with van der Waals surface area (Å²) in [5.74, 6) is -0.312. The first-order valence-electron chi connectivity index (χ1n) is 7.57. The number of nitrogens with one attached hydrogen (secondary N) is 1. The number of nitrogens with zero attached hydrogens (tertiary/aromatic N) is 4. The van der Waals surface area contributed by atoms with Gasteiger partial charge in [-0.05, 0) is 24.6 Å². The Labute approximate surface area is 142 Å². The number of hydrogen-bond acceptors (Lipinski definition) is 7. The second kappa shape index (κ2) is 7.31.